The summed E-state index contributed by atoms with van der Waals surface area (Å²) in [5, 5.41) is 10.0. The second kappa shape index (κ2) is 5.84. The monoisotopic (exact) mass is 272 g/mol. The van der Waals surface area contributed by atoms with Gasteiger partial charge in [-0.05, 0) is 17.7 Å². The number of benzene rings is 2. The molecule has 104 valence electrons. The highest BCUT2D eigenvalue weighted by Gasteiger charge is 2.13. The summed E-state index contributed by atoms with van der Waals surface area (Å²) in [6.07, 6.45) is -0.649. The molecule has 1 heterocycles. The molecular formula is C16H16O4. The maximum Gasteiger partial charge on any atom is 0.165 e. The van der Waals surface area contributed by atoms with Crippen LogP contribution in [0, 0.1) is 0 Å². The molecule has 20 heavy (non-hydrogen) atoms. The van der Waals surface area contributed by atoms with Gasteiger partial charge in [-0.2, -0.15) is 0 Å². The first-order chi connectivity index (χ1) is 9.83. The van der Waals surface area contributed by atoms with E-state index in [4.69, 9.17) is 14.2 Å². The molecule has 0 fully saturated rings. The Bertz CT molecular complexity index is 568. The Hall–Kier alpha value is -2.20. The number of fused-ring (bicyclic) bond motifs is 1. The summed E-state index contributed by atoms with van der Waals surface area (Å²) < 4.78 is 16.5. The van der Waals surface area contributed by atoms with Crippen molar-refractivity contribution in [3.05, 3.63) is 54.1 Å². The molecule has 2 aromatic rings. The smallest absolute Gasteiger partial charge is 0.165 e. The molecule has 0 saturated heterocycles. The van der Waals surface area contributed by atoms with Crippen LogP contribution in [-0.2, 0) is 0 Å². The van der Waals surface area contributed by atoms with Crippen LogP contribution in [0.4, 0.5) is 0 Å². The van der Waals surface area contributed by atoms with Crippen molar-refractivity contribution in [2.45, 2.75) is 6.10 Å². The lowest BCUT2D eigenvalue weighted by Gasteiger charge is -2.19. The zero-order chi connectivity index (χ0) is 13.8. The minimum atomic E-state index is -0.649. The van der Waals surface area contributed by atoms with Crippen molar-refractivity contribution in [2.24, 2.45) is 0 Å². The first-order valence-corrected chi connectivity index (χ1v) is 6.58. The van der Waals surface area contributed by atoms with Crippen molar-refractivity contribution >= 4 is 0 Å². The molecule has 1 atom stereocenters. The average Bonchev–Trinajstić information content (AvgIpc) is 2.53. The third-order valence-electron chi connectivity index (χ3n) is 3.11. The average molecular weight is 272 g/mol. The van der Waals surface area contributed by atoms with Gasteiger partial charge >= 0.3 is 0 Å². The van der Waals surface area contributed by atoms with Gasteiger partial charge in [-0.3, -0.25) is 0 Å². The molecule has 0 amide bonds. The number of hydrogen-bond donors (Lipinski definition) is 1. The van der Waals surface area contributed by atoms with Crippen LogP contribution in [-0.4, -0.2) is 24.9 Å². The van der Waals surface area contributed by atoms with Gasteiger partial charge in [-0.25, -0.2) is 0 Å². The van der Waals surface area contributed by atoms with E-state index in [1.165, 1.54) is 0 Å². The summed E-state index contributed by atoms with van der Waals surface area (Å²) in [6, 6.07) is 14.9. The minimum Gasteiger partial charge on any atom is -0.490 e. The fraction of sp³-hybridized carbons (Fsp3) is 0.250. The lowest BCUT2D eigenvalue weighted by Crippen LogP contribution is -2.15. The molecule has 4 nitrogen and oxygen atoms in total. The van der Waals surface area contributed by atoms with E-state index in [-0.39, 0.29) is 6.61 Å². The zero-order valence-corrected chi connectivity index (χ0v) is 11.0. The Morgan fingerprint density at radius 3 is 2.55 bits per heavy atom. The van der Waals surface area contributed by atoms with Gasteiger partial charge in [0.2, 0.25) is 0 Å². The number of hydrogen-bond acceptors (Lipinski definition) is 4. The van der Waals surface area contributed by atoms with Crippen molar-refractivity contribution in [1.29, 1.82) is 0 Å². The van der Waals surface area contributed by atoms with Gasteiger partial charge in [0.25, 0.3) is 0 Å². The molecule has 0 spiro atoms. The molecular weight excluding hydrogens is 256 g/mol. The van der Waals surface area contributed by atoms with Gasteiger partial charge < -0.3 is 19.3 Å². The molecule has 1 aliphatic rings. The van der Waals surface area contributed by atoms with Crippen LogP contribution >= 0.6 is 0 Å². The van der Waals surface area contributed by atoms with Crippen molar-refractivity contribution in [3.63, 3.8) is 0 Å². The number of rotatable bonds is 4. The predicted octanol–water partition coefficient (Wildman–Crippen LogP) is 2.57. The van der Waals surface area contributed by atoms with Gasteiger partial charge in [0.15, 0.2) is 11.5 Å². The largest absolute Gasteiger partial charge is 0.490 e. The molecule has 3 rings (SSSR count). The fourth-order valence-corrected chi connectivity index (χ4v) is 2.06. The molecule has 0 aliphatic carbocycles. The summed E-state index contributed by atoms with van der Waals surface area (Å²) in [7, 11) is 0. The van der Waals surface area contributed by atoms with E-state index >= 15 is 0 Å². The van der Waals surface area contributed by atoms with E-state index in [1.54, 1.807) is 6.07 Å². The highest BCUT2D eigenvalue weighted by molar-refractivity contribution is 5.46. The molecule has 0 bridgehead atoms. The molecule has 4 heteroatoms. The summed E-state index contributed by atoms with van der Waals surface area (Å²) >= 11 is 0. The third kappa shape index (κ3) is 2.86. The van der Waals surface area contributed by atoms with Crippen LogP contribution in [0.15, 0.2) is 48.5 Å². The summed E-state index contributed by atoms with van der Waals surface area (Å²) in [4.78, 5) is 0. The highest BCUT2D eigenvalue weighted by atomic mass is 16.6. The Morgan fingerprint density at radius 1 is 1.00 bits per heavy atom. The van der Waals surface area contributed by atoms with Gasteiger partial charge in [0, 0.05) is 6.07 Å². The lowest BCUT2D eigenvalue weighted by atomic mass is 10.1. The summed E-state index contributed by atoms with van der Waals surface area (Å²) in [6.45, 7) is 1.31. The Kier molecular flexibility index (Phi) is 3.74. The van der Waals surface area contributed by atoms with Crippen molar-refractivity contribution < 1.29 is 19.3 Å². The first-order valence-electron chi connectivity index (χ1n) is 6.58. The Morgan fingerprint density at radius 2 is 1.75 bits per heavy atom. The molecule has 0 radical (unpaired) electrons. The number of aliphatic hydroxyl groups excluding tert-OH is 1. The van der Waals surface area contributed by atoms with E-state index < -0.39 is 6.10 Å². The second-order valence-electron chi connectivity index (χ2n) is 4.54. The second-order valence-corrected chi connectivity index (χ2v) is 4.54. The van der Waals surface area contributed by atoms with Crippen LogP contribution in [0.5, 0.6) is 17.2 Å². The van der Waals surface area contributed by atoms with Gasteiger partial charge in [0.1, 0.15) is 31.7 Å². The van der Waals surface area contributed by atoms with E-state index in [9.17, 15) is 5.11 Å². The first kappa shape index (κ1) is 12.8. The standard InChI is InChI=1S/C16H16O4/c17-14(12-4-2-1-3-5-12)11-20-13-6-7-15-16(10-13)19-9-8-18-15/h1-7,10,14,17H,8-9,11H2/t14-/m0/s1. The van der Waals surface area contributed by atoms with Gasteiger partial charge in [-0.1, -0.05) is 30.3 Å². The molecule has 1 N–H and O–H groups in total. The van der Waals surface area contributed by atoms with Crippen LogP contribution in [0.1, 0.15) is 11.7 Å². The maximum atomic E-state index is 10.0. The summed E-state index contributed by atoms with van der Waals surface area (Å²) in [5.74, 6) is 2.07. The van der Waals surface area contributed by atoms with Gasteiger partial charge in [0.05, 0.1) is 0 Å². The van der Waals surface area contributed by atoms with E-state index in [2.05, 4.69) is 0 Å². The number of ether oxygens (including phenoxy) is 3. The zero-order valence-electron chi connectivity index (χ0n) is 11.0. The van der Waals surface area contributed by atoms with Crippen molar-refractivity contribution in [3.8, 4) is 17.2 Å². The van der Waals surface area contributed by atoms with Crippen LogP contribution in [0.25, 0.3) is 0 Å². The fourth-order valence-electron chi connectivity index (χ4n) is 2.06. The van der Waals surface area contributed by atoms with Crippen LogP contribution < -0.4 is 14.2 Å². The van der Waals surface area contributed by atoms with Gasteiger partial charge in [-0.15, -0.1) is 0 Å². The molecule has 1 aliphatic heterocycles. The van der Waals surface area contributed by atoms with Crippen LogP contribution in [0.2, 0.25) is 0 Å². The van der Waals surface area contributed by atoms with Crippen LogP contribution in [0.3, 0.4) is 0 Å². The van der Waals surface area contributed by atoms with E-state index in [0.29, 0.717) is 24.7 Å². The van der Waals surface area contributed by atoms with E-state index in [1.807, 2.05) is 42.5 Å². The molecule has 0 aromatic heterocycles. The molecule has 0 unspecified atom stereocenters. The molecule has 0 saturated carbocycles. The Labute approximate surface area is 117 Å². The van der Waals surface area contributed by atoms with Crippen molar-refractivity contribution in [1.82, 2.24) is 0 Å². The summed E-state index contributed by atoms with van der Waals surface area (Å²) in [5.41, 5.74) is 0.838. The maximum absolute atomic E-state index is 10.0. The normalized spacial score (nSPS) is 14.7. The number of aliphatic hydroxyl groups is 1. The Balaban J connectivity index is 1.64. The molecule has 2 aromatic carbocycles. The van der Waals surface area contributed by atoms with E-state index in [0.717, 1.165) is 11.3 Å². The topological polar surface area (TPSA) is 47.9 Å². The predicted molar refractivity (Wildman–Crippen MR) is 74.3 cm³/mol. The highest BCUT2D eigenvalue weighted by Crippen LogP contribution is 2.33. The lowest BCUT2D eigenvalue weighted by molar-refractivity contribution is 0.107. The van der Waals surface area contributed by atoms with Crippen molar-refractivity contribution in [2.75, 3.05) is 19.8 Å². The minimum absolute atomic E-state index is 0.198. The quantitative estimate of drug-likeness (QED) is 0.929. The third-order valence-corrected chi connectivity index (χ3v) is 3.11. The SMILES string of the molecule is O[C@@H](COc1ccc2c(c1)OCCO2)c1ccccc1.